The Morgan fingerprint density at radius 3 is 2.68 bits per heavy atom. The topological polar surface area (TPSA) is 47.6 Å². The fourth-order valence-electron chi connectivity index (χ4n) is 1.67. The molecule has 1 aliphatic carbocycles. The van der Waals surface area contributed by atoms with Crippen LogP contribution in [0.4, 0.5) is 4.39 Å². The van der Waals surface area contributed by atoms with Gasteiger partial charge in [0.05, 0.1) is 6.61 Å². The Labute approximate surface area is 111 Å². The molecule has 0 heterocycles. The summed E-state index contributed by atoms with van der Waals surface area (Å²) in [6.45, 7) is 2.30. The van der Waals surface area contributed by atoms with E-state index in [1.165, 1.54) is 24.3 Å². The molecule has 1 atom stereocenters. The van der Waals surface area contributed by atoms with Crippen LogP contribution in [0.25, 0.3) is 0 Å². The van der Waals surface area contributed by atoms with Crippen LogP contribution in [0, 0.1) is 5.82 Å². The first-order valence-electron chi connectivity index (χ1n) is 6.50. The summed E-state index contributed by atoms with van der Waals surface area (Å²) in [5.41, 5.74) is 0. The normalized spacial score (nSPS) is 15.9. The lowest BCUT2D eigenvalue weighted by molar-refractivity contribution is -0.146. The van der Waals surface area contributed by atoms with Crippen molar-refractivity contribution in [1.82, 2.24) is 5.32 Å². The van der Waals surface area contributed by atoms with Gasteiger partial charge in [-0.05, 0) is 44.0 Å². The Balaban J connectivity index is 1.87. The molecule has 4 nitrogen and oxygen atoms in total. The van der Waals surface area contributed by atoms with Gasteiger partial charge in [-0.3, -0.25) is 10.1 Å². The Morgan fingerprint density at radius 2 is 2.11 bits per heavy atom. The molecule has 2 rings (SSSR count). The number of carbonyl (C=O) groups is 1. The molecule has 104 valence electrons. The van der Waals surface area contributed by atoms with E-state index in [1.54, 1.807) is 6.92 Å². The van der Waals surface area contributed by atoms with Gasteiger partial charge < -0.3 is 9.47 Å². The number of hydrogen-bond donors (Lipinski definition) is 1. The Bertz CT molecular complexity index is 417. The lowest BCUT2D eigenvalue weighted by atomic mass is 10.3. The number of halogens is 1. The molecule has 1 saturated carbocycles. The van der Waals surface area contributed by atoms with Gasteiger partial charge in [0.1, 0.15) is 24.2 Å². The number of rotatable bonds is 7. The predicted molar refractivity (Wildman–Crippen MR) is 68.5 cm³/mol. The van der Waals surface area contributed by atoms with Gasteiger partial charge in [-0.1, -0.05) is 0 Å². The van der Waals surface area contributed by atoms with Gasteiger partial charge in [0.15, 0.2) is 0 Å². The van der Waals surface area contributed by atoms with Crippen molar-refractivity contribution in [2.24, 2.45) is 0 Å². The van der Waals surface area contributed by atoms with Crippen LogP contribution in [0.3, 0.4) is 0 Å². The van der Waals surface area contributed by atoms with E-state index in [9.17, 15) is 9.18 Å². The highest BCUT2D eigenvalue weighted by Gasteiger charge is 2.29. The monoisotopic (exact) mass is 267 g/mol. The first kappa shape index (κ1) is 13.8. The molecule has 0 bridgehead atoms. The van der Waals surface area contributed by atoms with Crippen molar-refractivity contribution in [1.29, 1.82) is 0 Å². The van der Waals surface area contributed by atoms with Crippen LogP contribution in [-0.4, -0.2) is 31.3 Å². The summed E-state index contributed by atoms with van der Waals surface area (Å²) < 4.78 is 23.2. The second-order valence-corrected chi connectivity index (χ2v) is 4.51. The second kappa shape index (κ2) is 6.52. The SMILES string of the molecule is CCOC(=O)C(COc1ccc(F)cc1)NC1CC1. The van der Waals surface area contributed by atoms with Crippen molar-refractivity contribution < 1.29 is 18.7 Å². The van der Waals surface area contributed by atoms with E-state index in [4.69, 9.17) is 9.47 Å². The Kier molecular flexibility index (Phi) is 4.74. The van der Waals surface area contributed by atoms with Crippen molar-refractivity contribution >= 4 is 5.97 Å². The third kappa shape index (κ3) is 4.52. The van der Waals surface area contributed by atoms with Gasteiger partial charge in [-0.25, -0.2) is 4.39 Å². The number of hydrogen-bond acceptors (Lipinski definition) is 4. The van der Waals surface area contributed by atoms with Gasteiger partial charge in [-0.15, -0.1) is 0 Å². The van der Waals surface area contributed by atoms with Crippen molar-refractivity contribution in [3.8, 4) is 5.75 Å². The largest absolute Gasteiger partial charge is 0.491 e. The maximum Gasteiger partial charge on any atom is 0.326 e. The van der Waals surface area contributed by atoms with Crippen LogP contribution in [0.1, 0.15) is 19.8 Å². The van der Waals surface area contributed by atoms with Crippen LogP contribution >= 0.6 is 0 Å². The zero-order chi connectivity index (χ0) is 13.7. The van der Waals surface area contributed by atoms with Crippen molar-refractivity contribution in [3.63, 3.8) is 0 Å². The van der Waals surface area contributed by atoms with Crippen LogP contribution in [0.15, 0.2) is 24.3 Å². The molecule has 0 radical (unpaired) electrons. The van der Waals surface area contributed by atoms with Gasteiger partial charge in [-0.2, -0.15) is 0 Å². The molecule has 1 aromatic rings. The minimum absolute atomic E-state index is 0.182. The standard InChI is InChI=1S/C14H18FNO3/c1-2-18-14(17)13(16-11-5-6-11)9-19-12-7-3-10(15)4-8-12/h3-4,7-8,11,13,16H,2,5-6,9H2,1H3. The lowest BCUT2D eigenvalue weighted by Gasteiger charge is -2.17. The number of benzene rings is 1. The van der Waals surface area contributed by atoms with E-state index >= 15 is 0 Å². The number of nitrogens with one attached hydrogen (secondary N) is 1. The zero-order valence-electron chi connectivity index (χ0n) is 10.9. The first-order chi connectivity index (χ1) is 9.19. The molecule has 0 aliphatic heterocycles. The lowest BCUT2D eigenvalue weighted by Crippen LogP contribution is -2.43. The minimum Gasteiger partial charge on any atom is -0.491 e. The van der Waals surface area contributed by atoms with Crippen molar-refractivity contribution in [2.75, 3.05) is 13.2 Å². The molecule has 19 heavy (non-hydrogen) atoms. The highest BCUT2D eigenvalue weighted by molar-refractivity contribution is 5.76. The van der Waals surface area contributed by atoms with Crippen LogP contribution in [-0.2, 0) is 9.53 Å². The van der Waals surface area contributed by atoms with E-state index in [-0.39, 0.29) is 18.4 Å². The van der Waals surface area contributed by atoms with Gasteiger partial charge >= 0.3 is 5.97 Å². The minimum atomic E-state index is -0.475. The van der Waals surface area contributed by atoms with E-state index in [0.717, 1.165) is 12.8 Å². The quantitative estimate of drug-likeness (QED) is 0.766. The fourth-order valence-corrected chi connectivity index (χ4v) is 1.67. The average molecular weight is 267 g/mol. The third-order valence-electron chi connectivity index (χ3n) is 2.82. The van der Waals surface area contributed by atoms with Gasteiger partial charge in [0.25, 0.3) is 0 Å². The summed E-state index contributed by atoms with van der Waals surface area (Å²) >= 11 is 0. The van der Waals surface area contributed by atoms with Crippen LogP contribution in [0.5, 0.6) is 5.75 Å². The summed E-state index contributed by atoms with van der Waals surface area (Å²) in [5, 5.41) is 3.18. The summed E-state index contributed by atoms with van der Waals surface area (Å²) in [6.07, 6.45) is 2.15. The molecule has 1 aliphatic rings. The summed E-state index contributed by atoms with van der Waals surface area (Å²) in [7, 11) is 0. The van der Waals surface area contributed by atoms with Crippen molar-refractivity contribution in [3.05, 3.63) is 30.1 Å². The summed E-state index contributed by atoms with van der Waals surface area (Å²) in [5.74, 6) is -0.0878. The maximum atomic E-state index is 12.8. The first-order valence-corrected chi connectivity index (χ1v) is 6.50. The molecular weight excluding hydrogens is 249 g/mol. The van der Waals surface area contributed by atoms with E-state index in [1.807, 2.05) is 0 Å². The van der Waals surface area contributed by atoms with E-state index in [2.05, 4.69) is 5.32 Å². The Hall–Kier alpha value is -1.62. The van der Waals surface area contributed by atoms with Crippen LogP contribution in [0.2, 0.25) is 0 Å². The predicted octanol–water partition coefficient (Wildman–Crippen LogP) is 1.89. The Morgan fingerprint density at radius 1 is 1.42 bits per heavy atom. The number of esters is 1. The van der Waals surface area contributed by atoms with Gasteiger partial charge in [0.2, 0.25) is 0 Å². The molecule has 0 aromatic heterocycles. The highest BCUT2D eigenvalue weighted by atomic mass is 19.1. The molecule has 0 saturated heterocycles. The molecule has 5 heteroatoms. The average Bonchev–Trinajstić information content (AvgIpc) is 3.20. The molecule has 0 spiro atoms. The third-order valence-corrected chi connectivity index (χ3v) is 2.82. The number of carbonyl (C=O) groups excluding carboxylic acids is 1. The zero-order valence-corrected chi connectivity index (χ0v) is 10.9. The van der Waals surface area contributed by atoms with Gasteiger partial charge in [0, 0.05) is 6.04 Å². The smallest absolute Gasteiger partial charge is 0.326 e. The summed E-state index contributed by atoms with van der Waals surface area (Å²) in [6, 6.07) is 5.62. The van der Waals surface area contributed by atoms with Crippen LogP contribution < -0.4 is 10.1 Å². The maximum absolute atomic E-state index is 12.8. The molecule has 1 fully saturated rings. The molecule has 1 unspecified atom stereocenters. The van der Waals surface area contributed by atoms with E-state index < -0.39 is 6.04 Å². The van der Waals surface area contributed by atoms with E-state index in [0.29, 0.717) is 18.4 Å². The molecule has 1 N–H and O–H groups in total. The molecular formula is C14H18FNO3. The second-order valence-electron chi connectivity index (χ2n) is 4.51. The fraction of sp³-hybridized carbons (Fsp3) is 0.500. The summed E-state index contributed by atoms with van der Waals surface area (Å²) in [4.78, 5) is 11.8. The highest BCUT2D eigenvalue weighted by Crippen LogP contribution is 2.20. The number of ether oxygens (including phenoxy) is 2. The molecule has 1 aromatic carbocycles. The van der Waals surface area contributed by atoms with Crippen molar-refractivity contribution in [2.45, 2.75) is 31.8 Å². The molecule has 0 amide bonds.